The monoisotopic (exact) mass is 436 g/mol. The Kier molecular flexibility index (Phi) is 6.30. The number of benzene rings is 1. The highest BCUT2D eigenvalue weighted by Crippen LogP contribution is 2.40. The molecule has 1 fully saturated rings. The minimum absolute atomic E-state index is 0.215. The highest BCUT2D eigenvalue weighted by atomic mass is 16.5. The molecule has 2 heterocycles. The SMILES string of the molecule is COc1cc(/C=C/C(=O)Nc2ccnn2C(C)C2CC2)ccc1OCc1c(C)noc1C. The average molecular weight is 437 g/mol. The van der Waals surface area contributed by atoms with Crippen LogP contribution in [0.3, 0.4) is 0 Å². The number of hydrogen-bond acceptors (Lipinski definition) is 6. The zero-order valence-electron chi connectivity index (χ0n) is 18.8. The van der Waals surface area contributed by atoms with E-state index in [1.807, 2.05) is 42.8 Å². The van der Waals surface area contributed by atoms with Gasteiger partial charge in [0, 0.05) is 12.1 Å². The van der Waals surface area contributed by atoms with E-state index in [9.17, 15) is 4.79 Å². The zero-order valence-corrected chi connectivity index (χ0v) is 18.8. The van der Waals surface area contributed by atoms with Crippen LogP contribution >= 0.6 is 0 Å². The number of carbonyl (C=O) groups is 1. The second-order valence-electron chi connectivity index (χ2n) is 8.06. The first-order valence-corrected chi connectivity index (χ1v) is 10.7. The van der Waals surface area contributed by atoms with E-state index in [4.69, 9.17) is 14.0 Å². The van der Waals surface area contributed by atoms with Crippen LogP contribution in [0.25, 0.3) is 6.08 Å². The number of hydrogen-bond donors (Lipinski definition) is 1. The molecule has 1 N–H and O–H groups in total. The van der Waals surface area contributed by atoms with Crippen molar-refractivity contribution in [3.8, 4) is 11.5 Å². The van der Waals surface area contributed by atoms with Gasteiger partial charge in [-0.25, -0.2) is 4.68 Å². The predicted molar refractivity (Wildman–Crippen MR) is 121 cm³/mol. The number of ether oxygens (including phenoxy) is 2. The second-order valence-corrected chi connectivity index (χ2v) is 8.06. The van der Waals surface area contributed by atoms with Gasteiger partial charge >= 0.3 is 0 Å². The van der Waals surface area contributed by atoms with Crippen molar-refractivity contribution in [2.75, 3.05) is 12.4 Å². The summed E-state index contributed by atoms with van der Waals surface area (Å²) in [6, 6.07) is 7.62. The van der Waals surface area contributed by atoms with E-state index in [0.717, 1.165) is 22.6 Å². The van der Waals surface area contributed by atoms with Crippen molar-refractivity contribution in [3.63, 3.8) is 0 Å². The molecule has 4 rings (SSSR count). The van der Waals surface area contributed by atoms with Crippen LogP contribution in [-0.4, -0.2) is 28.0 Å². The molecule has 1 atom stereocenters. The summed E-state index contributed by atoms with van der Waals surface area (Å²) in [7, 11) is 1.58. The number of carbonyl (C=O) groups excluding carboxylic acids is 1. The molecular weight excluding hydrogens is 408 g/mol. The summed E-state index contributed by atoms with van der Waals surface area (Å²) in [6.07, 6.45) is 7.38. The third-order valence-corrected chi connectivity index (χ3v) is 5.78. The van der Waals surface area contributed by atoms with Crippen LogP contribution < -0.4 is 14.8 Å². The number of nitrogens with zero attached hydrogens (tertiary/aromatic N) is 3. The molecule has 1 aliphatic carbocycles. The molecule has 2 aromatic heterocycles. The lowest BCUT2D eigenvalue weighted by Crippen LogP contribution is -2.16. The minimum atomic E-state index is -0.215. The Balaban J connectivity index is 1.39. The molecule has 1 saturated carbocycles. The Labute approximate surface area is 187 Å². The van der Waals surface area contributed by atoms with Crippen LogP contribution in [0.15, 0.2) is 41.1 Å². The number of rotatable bonds is 9. The van der Waals surface area contributed by atoms with Gasteiger partial charge in [0.2, 0.25) is 5.91 Å². The van der Waals surface area contributed by atoms with E-state index in [-0.39, 0.29) is 11.9 Å². The van der Waals surface area contributed by atoms with Gasteiger partial charge < -0.3 is 19.3 Å². The normalized spacial score (nSPS) is 14.5. The maximum Gasteiger partial charge on any atom is 0.249 e. The van der Waals surface area contributed by atoms with Gasteiger partial charge in [-0.15, -0.1) is 0 Å². The summed E-state index contributed by atoms with van der Waals surface area (Å²) >= 11 is 0. The molecule has 1 aromatic carbocycles. The van der Waals surface area contributed by atoms with Gasteiger partial charge in [-0.2, -0.15) is 5.10 Å². The van der Waals surface area contributed by atoms with Crippen LogP contribution in [0.5, 0.6) is 11.5 Å². The minimum Gasteiger partial charge on any atom is -0.493 e. The van der Waals surface area contributed by atoms with Crippen molar-refractivity contribution < 1.29 is 18.8 Å². The van der Waals surface area contributed by atoms with Gasteiger partial charge in [0.25, 0.3) is 0 Å². The van der Waals surface area contributed by atoms with Crippen molar-refractivity contribution in [2.24, 2.45) is 5.92 Å². The van der Waals surface area contributed by atoms with Gasteiger partial charge in [-0.1, -0.05) is 11.2 Å². The maximum absolute atomic E-state index is 12.5. The number of aryl methyl sites for hydroxylation is 2. The Morgan fingerprint density at radius 2 is 2.12 bits per heavy atom. The fourth-order valence-electron chi connectivity index (χ4n) is 3.62. The third kappa shape index (κ3) is 4.85. The number of aromatic nitrogens is 3. The molecule has 0 radical (unpaired) electrons. The van der Waals surface area contributed by atoms with Gasteiger partial charge in [0.15, 0.2) is 11.5 Å². The molecule has 1 unspecified atom stereocenters. The summed E-state index contributed by atoms with van der Waals surface area (Å²) in [6.45, 7) is 6.21. The first-order valence-electron chi connectivity index (χ1n) is 10.7. The van der Waals surface area contributed by atoms with Gasteiger partial charge in [0.1, 0.15) is 18.2 Å². The van der Waals surface area contributed by atoms with Crippen molar-refractivity contribution in [3.05, 3.63) is 59.1 Å². The summed E-state index contributed by atoms with van der Waals surface area (Å²) in [4.78, 5) is 12.5. The molecule has 0 saturated heterocycles. The number of nitrogens with one attached hydrogen (secondary N) is 1. The topological polar surface area (TPSA) is 91.4 Å². The molecule has 0 spiro atoms. The second kappa shape index (κ2) is 9.30. The van der Waals surface area contributed by atoms with E-state index < -0.39 is 0 Å². The molecule has 8 heteroatoms. The first-order chi connectivity index (χ1) is 15.5. The van der Waals surface area contributed by atoms with E-state index in [1.54, 1.807) is 19.4 Å². The summed E-state index contributed by atoms with van der Waals surface area (Å²) in [5, 5.41) is 11.2. The number of anilines is 1. The lowest BCUT2D eigenvalue weighted by molar-refractivity contribution is -0.111. The lowest BCUT2D eigenvalue weighted by atomic mass is 10.2. The van der Waals surface area contributed by atoms with Gasteiger partial charge in [-0.05, 0) is 63.3 Å². The highest BCUT2D eigenvalue weighted by Gasteiger charge is 2.30. The Bertz CT molecular complexity index is 1110. The largest absolute Gasteiger partial charge is 0.493 e. The maximum atomic E-state index is 12.5. The van der Waals surface area contributed by atoms with Crippen LogP contribution in [0.2, 0.25) is 0 Å². The lowest BCUT2D eigenvalue weighted by Gasteiger charge is -2.14. The quantitative estimate of drug-likeness (QED) is 0.489. The smallest absolute Gasteiger partial charge is 0.249 e. The Morgan fingerprint density at radius 3 is 2.81 bits per heavy atom. The van der Waals surface area contributed by atoms with Crippen molar-refractivity contribution >= 4 is 17.8 Å². The molecule has 1 amide bonds. The molecule has 32 heavy (non-hydrogen) atoms. The van der Waals surface area contributed by atoms with E-state index >= 15 is 0 Å². The molecule has 1 aliphatic rings. The molecule has 0 bridgehead atoms. The Morgan fingerprint density at radius 1 is 1.31 bits per heavy atom. The number of methoxy groups -OCH3 is 1. The molecule has 8 nitrogen and oxygen atoms in total. The summed E-state index contributed by atoms with van der Waals surface area (Å²) < 4.78 is 18.4. The van der Waals surface area contributed by atoms with Gasteiger partial charge in [-0.3, -0.25) is 4.79 Å². The molecule has 3 aromatic rings. The van der Waals surface area contributed by atoms with Crippen LogP contribution in [0.1, 0.15) is 48.4 Å². The van der Waals surface area contributed by atoms with Crippen LogP contribution in [-0.2, 0) is 11.4 Å². The summed E-state index contributed by atoms with van der Waals surface area (Å²) in [5.41, 5.74) is 2.55. The standard InChI is InChI=1S/C24H28N4O4/c1-15-20(17(3)32-27-15)14-31-21-9-5-18(13-22(21)30-4)6-10-24(29)26-23-11-12-25-28(23)16(2)19-7-8-19/h5-6,9-13,16,19H,7-8,14H2,1-4H3,(H,26,29)/b10-6+. The molecular formula is C24H28N4O4. The molecule has 168 valence electrons. The fourth-order valence-corrected chi connectivity index (χ4v) is 3.62. The predicted octanol–water partition coefficient (Wildman–Crippen LogP) is 4.70. The van der Waals surface area contributed by atoms with Crippen LogP contribution in [0.4, 0.5) is 5.82 Å². The third-order valence-electron chi connectivity index (χ3n) is 5.78. The number of amides is 1. The van der Waals surface area contributed by atoms with E-state index in [0.29, 0.717) is 29.8 Å². The van der Waals surface area contributed by atoms with Gasteiger partial charge in [0.05, 0.1) is 30.6 Å². The van der Waals surface area contributed by atoms with Crippen molar-refractivity contribution in [2.45, 2.75) is 46.3 Å². The summed E-state index contributed by atoms with van der Waals surface area (Å²) in [5.74, 6) is 3.06. The van der Waals surface area contributed by atoms with E-state index in [2.05, 4.69) is 22.5 Å². The van der Waals surface area contributed by atoms with Crippen LogP contribution in [0, 0.1) is 19.8 Å². The molecule has 0 aliphatic heterocycles. The van der Waals surface area contributed by atoms with Crippen molar-refractivity contribution in [1.82, 2.24) is 14.9 Å². The van der Waals surface area contributed by atoms with E-state index in [1.165, 1.54) is 18.9 Å². The van der Waals surface area contributed by atoms with Crippen molar-refractivity contribution in [1.29, 1.82) is 0 Å². The fraction of sp³-hybridized carbons (Fsp3) is 0.375. The Hall–Kier alpha value is -3.55. The average Bonchev–Trinajstić information content (AvgIpc) is 3.47. The first kappa shape index (κ1) is 21.7. The zero-order chi connectivity index (χ0) is 22.7. The highest BCUT2D eigenvalue weighted by molar-refractivity contribution is 6.01.